The summed E-state index contributed by atoms with van der Waals surface area (Å²) in [4.78, 5) is 0. The van der Waals surface area contributed by atoms with Crippen molar-refractivity contribution in [1.29, 1.82) is 0 Å². The van der Waals surface area contributed by atoms with E-state index in [0.717, 1.165) is 13.0 Å². The standard InChI is InChI=1S/C14H19N3/c1-3-11-5-7-12(8-6-11)14(15-4-2)13-9-16-17-10-13/h5-10,14-15H,3-4H2,1-2H3,(H,16,17). The summed E-state index contributed by atoms with van der Waals surface area (Å²) in [5.41, 5.74) is 3.83. The van der Waals surface area contributed by atoms with Crippen molar-refractivity contribution in [2.75, 3.05) is 6.54 Å². The number of aromatic nitrogens is 2. The average molecular weight is 229 g/mol. The molecule has 3 heteroatoms. The second-order valence-corrected chi connectivity index (χ2v) is 4.12. The number of hydrogen-bond acceptors (Lipinski definition) is 2. The van der Waals surface area contributed by atoms with Crippen LogP contribution in [0.15, 0.2) is 36.7 Å². The number of hydrogen-bond donors (Lipinski definition) is 2. The van der Waals surface area contributed by atoms with E-state index in [9.17, 15) is 0 Å². The molecule has 0 saturated carbocycles. The third-order valence-corrected chi connectivity index (χ3v) is 2.98. The van der Waals surface area contributed by atoms with Gasteiger partial charge in [0.1, 0.15) is 0 Å². The van der Waals surface area contributed by atoms with E-state index in [-0.39, 0.29) is 6.04 Å². The lowest BCUT2D eigenvalue weighted by Gasteiger charge is -2.17. The topological polar surface area (TPSA) is 40.7 Å². The summed E-state index contributed by atoms with van der Waals surface area (Å²) in [5, 5.41) is 10.4. The van der Waals surface area contributed by atoms with Crippen LogP contribution in [-0.4, -0.2) is 16.7 Å². The van der Waals surface area contributed by atoms with E-state index in [0.29, 0.717) is 0 Å². The van der Waals surface area contributed by atoms with Crippen molar-refractivity contribution >= 4 is 0 Å². The molecule has 0 fully saturated rings. The first-order valence-electron chi connectivity index (χ1n) is 6.16. The predicted octanol–water partition coefficient (Wildman–Crippen LogP) is 2.67. The van der Waals surface area contributed by atoms with Gasteiger partial charge in [-0.3, -0.25) is 5.10 Å². The zero-order valence-electron chi connectivity index (χ0n) is 10.4. The van der Waals surface area contributed by atoms with Gasteiger partial charge in [-0.25, -0.2) is 0 Å². The molecular formula is C14H19N3. The summed E-state index contributed by atoms with van der Waals surface area (Å²) >= 11 is 0. The molecule has 0 aliphatic carbocycles. The quantitative estimate of drug-likeness (QED) is 0.827. The van der Waals surface area contributed by atoms with Crippen molar-refractivity contribution in [2.24, 2.45) is 0 Å². The van der Waals surface area contributed by atoms with Crippen molar-refractivity contribution in [3.8, 4) is 0 Å². The molecule has 0 bridgehead atoms. The number of nitrogens with zero attached hydrogens (tertiary/aromatic N) is 1. The molecule has 1 unspecified atom stereocenters. The SMILES string of the molecule is CCNC(c1ccc(CC)cc1)c1cn[nH]c1. The van der Waals surface area contributed by atoms with Crippen LogP contribution in [0.1, 0.15) is 36.6 Å². The van der Waals surface area contributed by atoms with E-state index in [2.05, 4.69) is 53.6 Å². The molecular weight excluding hydrogens is 210 g/mol. The Morgan fingerprint density at radius 1 is 1.18 bits per heavy atom. The Balaban J connectivity index is 2.26. The first-order chi connectivity index (χ1) is 8.35. The molecule has 90 valence electrons. The monoisotopic (exact) mass is 229 g/mol. The van der Waals surface area contributed by atoms with Crippen LogP contribution >= 0.6 is 0 Å². The van der Waals surface area contributed by atoms with E-state index < -0.39 is 0 Å². The normalized spacial score (nSPS) is 12.6. The lowest BCUT2D eigenvalue weighted by atomic mass is 9.99. The maximum Gasteiger partial charge on any atom is 0.0607 e. The lowest BCUT2D eigenvalue weighted by Crippen LogP contribution is -2.21. The van der Waals surface area contributed by atoms with Crippen molar-refractivity contribution in [2.45, 2.75) is 26.3 Å². The van der Waals surface area contributed by atoms with E-state index in [1.54, 1.807) is 0 Å². The highest BCUT2D eigenvalue weighted by atomic mass is 15.1. The molecule has 17 heavy (non-hydrogen) atoms. The van der Waals surface area contributed by atoms with Crippen LogP contribution in [0.3, 0.4) is 0 Å². The predicted molar refractivity (Wildman–Crippen MR) is 69.9 cm³/mol. The highest BCUT2D eigenvalue weighted by molar-refractivity contribution is 5.31. The molecule has 1 heterocycles. The molecule has 1 atom stereocenters. The zero-order valence-corrected chi connectivity index (χ0v) is 10.4. The molecule has 2 N–H and O–H groups in total. The van der Waals surface area contributed by atoms with Gasteiger partial charge in [0.05, 0.1) is 12.2 Å². The Hall–Kier alpha value is -1.61. The Morgan fingerprint density at radius 3 is 2.47 bits per heavy atom. The Labute approximate surface area is 102 Å². The van der Waals surface area contributed by atoms with Crippen LogP contribution in [0.4, 0.5) is 0 Å². The third kappa shape index (κ3) is 2.74. The number of rotatable bonds is 5. The molecule has 0 aliphatic heterocycles. The van der Waals surface area contributed by atoms with Crippen molar-refractivity contribution in [3.05, 3.63) is 53.3 Å². The average Bonchev–Trinajstić information content (AvgIpc) is 2.90. The maximum atomic E-state index is 4.02. The minimum atomic E-state index is 0.227. The molecule has 0 radical (unpaired) electrons. The maximum absolute atomic E-state index is 4.02. The third-order valence-electron chi connectivity index (χ3n) is 2.98. The smallest absolute Gasteiger partial charge is 0.0607 e. The fourth-order valence-electron chi connectivity index (χ4n) is 2.00. The van der Waals surface area contributed by atoms with E-state index in [1.165, 1.54) is 16.7 Å². The fourth-order valence-corrected chi connectivity index (χ4v) is 2.00. The Bertz CT molecular complexity index is 431. The molecule has 3 nitrogen and oxygen atoms in total. The van der Waals surface area contributed by atoms with Gasteiger partial charge in [-0.1, -0.05) is 38.1 Å². The van der Waals surface area contributed by atoms with Gasteiger partial charge in [0, 0.05) is 11.8 Å². The van der Waals surface area contributed by atoms with Gasteiger partial charge in [0.15, 0.2) is 0 Å². The molecule has 2 rings (SSSR count). The van der Waals surface area contributed by atoms with Gasteiger partial charge in [-0.2, -0.15) is 5.10 Å². The van der Waals surface area contributed by atoms with E-state index in [1.807, 2.05) is 12.4 Å². The fraction of sp³-hybridized carbons (Fsp3) is 0.357. The minimum Gasteiger partial charge on any atom is -0.306 e. The van der Waals surface area contributed by atoms with Crippen LogP contribution in [-0.2, 0) is 6.42 Å². The van der Waals surface area contributed by atoms with Crippen LogP contribution in [0.2, 0.25) is 0 Å². The number of H-pyrrole nitrogens is 1. The summed E-state index contributed by atoms with van der Waals surface area (Å²) in [6.07, 6.45) is 4.90. The molecule has 0 saturated heterocycles. The zero-order chi connectivity index (χ0) is 12.1. The molecule has 2 aromatic rings. The van der Waals surface area contributed by atoms with Gasteiger partial charge in [-0.15, -0.1) is 0 Å². The number of benzene rings is 1. The van der Waals surface area contributed by atoms with Crippen molar-refractivity contribution in [1.82, 2.24) is 15.5 Å². The van der Waals surface area contributed by atoms with Gasteiger partial charge < -0.3 is 5.32 Å². The van der Waals surface area contributed by atoms with Crippen LogP contribution in [0.5, 0.6) is 0 Å². The number of nitrogens with one attached hydrogen (secondary N) is 2. The first-order valence-corrected chi connectivity index (χ1v) is 6.16. The molecule has 1 aromatic heterocycles. The van der Waals surface area contributed by atoms with Crippen molar-refractivity contribution in [3.63, 3.8) is 0 Å². The summed E-state index contributed by atoms with van der Waals surface area (Å²) in [5.74, 6) is 0. The van der Waals surface area contributed by atoms with Gasteiger partial charge in [0.25, 0.3) is 0 Å². The summed E-state index contributed by atoms with van der Waals surface area (Å²) in [6.45, 7) is 5.23. The lowest BCUT2D eigenvalue weighted by molar-refractivity contribution is 0.631. The van der Waals surface area contributed by atoms with Gasteiger partial charge in [0.2, 0.25) is 0 Å². The molecule has 0 amide bonds. The minimum absolute atomic E-state index is 0.227. The van der Waals surface area contributed by atoms with Gasteiger partial charge in [-0.05, 0) is 24.1 Å². The summed E-state index contributed by atoms with van der Waals surface area (Å²) < 4.78 is 0. The Morgan fingerprint density at radius 2 is 1.94 bits per heavy atom. The second kappa shape index (κ2) is 5.64. The molecule has 0 spiro atoms. The first kappa shape index (κ1) is 11.9. The summed E-state index contributed by atoms with van der Waals surface area (Å²) in [7, 11) is 0. The molecule has 0 aliphatic rings. The van der Waals surface area contributed by atoms with Crippen molar-refractivity contribution < 1.29 is 0 Å². The number of aromatic amines is 1. The highest BCUT2D eigenvalue weighted by Crippen LogP contribution is 2.21. The van der Waals surface area contributed by atoms with Crippen LogP contribution in [0.25, 0.3) is 0 Å². The highest BCUT2D eigenvalue weighted by Gasteiger charge is 2.13. The largest absolute Gasteiger partial charge is 0.306 e. The van der Waals surface area contributed by atoms with Gasteiger partial charge >= 0.3 is 0 Å². The van der Waals surface area contributed by atoms with E-state index in [4.69, 9.17) is 0 Å². The van der Waals surface area contributed by atoms with Crippen LogP contribution in [0, 0.1) is 0 Å². The van der Waals surface area contributed by atoms with E-state index >= 15 is 0 Å². The summed E-state index contributed by atoms with van der Waals surface area (Å²) in [6, 6.07) is 9.00. The Kier molecular flexibility index (Phi) is 3.94. The molecule has 1 aromatic carbocycles. The second-order valence-electron chi connectivity index (χ2n) is 4.12. The van der Waals surface area contributed by atoms with Crippen LogP contribution < -0.4 is 5.32 Å². The number of aryl methyl sites for hydroxylation is 1.